The zero-order chi connectivity index (χ0) is 18.2. The van der Waals surface area contributed by atoms with Gasteiger partial charge in [-0.1, -0.05) is 36.8 Å². The van der Waals surface area contributed by atoms with Gasteiger partial charge in [-0.05, 0) is 55.3 Å². The molecule has 3 rings (SSSR count). The SMILES string of the molecule is CC1CCCCN1Cc1ccccc1CN=C(N)NCCc1cccs1.I. The fourth-order valence-corrected chi connectivity index (χ4v) is 4.18. The van der Waals surface area contributed by atoms with E-state index in [1.807, 2.05) is 0 Å². The van der Waals surface area contributed by atoms with E-state index in [1.54, 1.807) is 11.3 Å². The van der Waals surface area contributed by atoms with Crippen molar-refractivity contribution in [2.45, 2.75) is 51.7 Å². The Labute approximate surface area is 184 Å². The summed E-state index contributed by atoms with van der Waals surface area (Å²) in [7, 11) is 0. The summed E-state index contributed by atoms with van der Waals surface area (Å²) in [6.45, 7) is 6.01. The molecular weight excluding hydrogens is 467 g/mol. The van der Waals surface area contributed by atoms with Gasteiger partial charge in [-0.3, -0.25) is 4.90 Å². The predicted molar refractivity (Wildman–Crippen MR) is 127 cm³/mol. The highest BCUT2D eigenvalue weighted by molar-refractivity contribution is 14.0. The molecule has 1 saturated heterocycles. The van der Waals surface area contributed by atoms with Crippen LogP contribution >= 0.6 is 35.3 Å². The maximum atomic E-state index is 6.05. The fraction of sp³-hybridized carbons (Fsp3) is 0.476. The summed E-state index contributed by atoms with van der Waals surface area (Å²) < 4.78 is 0. The number of nitrogens with two attached hydrogens (primary N) is 1. The molecule has 1 atom stereocenters. The highest BCUT2D eigenvalue weighted by Crippen LogP contribution is 2.21. The van der Waals surface area contributed by atoms with E-state index in [2.05, 4.69) is 63.9 Å². The minimum atomic E-state index is 0. The number of benzene rings is 1. The van der Waals surface area contributed by atoms with Crippen LogP contribution in [-0.4, -0.2) is 30.0 Å². The average molecular weight is 498 g/mol. The minimum Gasteiger partial charge on any atom is -0.370 e. The van der Waals surface area contributed by atoms with Crippen LogP contribution in [0.1, 0.15) is 42.2 Å². The van der Waals surface area contributed by atoms with Gasteiger partial charge in [0.2, 0.25) is 0 Å². The van der Waals surface area contributed by atoms with E-state index < -0.39 is 0 Å². The lowest BCUT2D eigenvalue weighted by Gasteiger charge is -2.33. The Morgan fingerprint density at radius 1 is 1.22 bits per heavy atom. The van der Waals surface area contributed by atoms with Gasteiger partial charge in [-0.25, -0.2) is 4.99 Å². The lowest BCUT2D eigenvalue weighted by atomic mass is 10.0. The highest BCUT2D eigenvalue weighted by Gasteiger charge is 2.18. The third-order valence-electron chi connectivity index (χ3n) is 5.11. The van der Waals surface area contributed by atoms with Crippen LogP contribution in [0.25, 0.3) is 0 Å². The van der Waals surface area contributed by atoms with Crippen molar-refractivity contribution in [2.24, 2.45) is 10.7 Å². The van der Waals surface area contributed by atoms with Gasteiger partial charge < -0.3 is 11.1 Å². The number of aliphatic imine (C=N–C) groups is 1. The molecule has 0 radical (unpaired) electrons. The first-order valence-electron chi connectivity index (χ1n) is 9.59. The normalized spacial score (nSPS) is 18.1. The second-order valence-corrected chi connectivity index (χ2v) is 8.07. The summed E-state index contributed by atoms with van der Waals surface area (Å²) in [6, 6.07) is 13.5. The monoisotopic (exact) mass is 498 g/mol. The molecule has 1 aromatic carbocycles. The summed E-state index contributed by atoms with van der Waals surface area (Å²) >= 11 is 1.78. The molecule has 2 aromatic rings. The summed E-state index contributed by atoms with van der Waals surface area (Å²) in [5.74, 6) is 0.530. The first-order chi connectivity index (χ1) is 12.7. The Morgan fingerprint density at radius 3 is 2.78 bits per heavy atom. The standard InChI is InChI=1S/C21H30N4S.HI/c1-17-7-4-5-13-25(17)16-19-9-3-2-8-18(19)15-24-21(22)23-12-11-20-10-6-14-26-20;/h2-3,6,8-10,14,17H,4-5,7,11-13,15-16H2,1H3,(H3,22,23,24);1H. The molecule has 27 heavy (non-hydrogen) atoms. The number of hydrogen-bond donors (Lipinski definition) is 2. The van der Waals surface area contributed by atoms with E-state index >= 15 is 0 Å². The van der Waals surface area contributed by atoms with Crippen LogP contribution in [0.4, 0.5) is 0 Å². The Balaban J connectivity index is 0.00000261. The molecule has 6 heteroatoms. The second-order valence-electron chi connectivity index (χ2n) is 7.04. The van der Waals surface area contributed by atoms with Gasteiger partial charge in [0.1, 0.15) is 0 Å². The summed E-state index contributed by atoms with van der Waals surface area (Å²) in [5, 5.41) is 5.33. The molecule has 1 aliphatic heterocycles. The largest absolute Gasteiger partial charge is 0.370 e. The van der Waals surface area contributed by atoms with Crippen LogP contribution in [0.15, 0.2) is 46.8 Å². The van der Waals surface area contributed by atoms with Crippen molar-refractivity contribution in [2.75, 3.05) is 13.1 Å². The lowest BCUT2D eigenvalue weighted by Crippen LogP contribution is -2.37. The zero-order valence-electron chi connectivity index (χ0n) is 16.1. The van der Waals surface area contributed by atoms with Gasteiger partial charge in [0, 0.05) is 24.0 Å². The smallest absolute Gasteiger partial charge is 0.188 e. The van der Waals surface area contributed by atoms with Crippen molar-refractivity contribution >= 4 is 41.3 Å². The van der Waals surface area contributed by atoms with Gasteiger partial charge in [0.05, 0.1) is 6.54 Å². The first kappa shape index (κ1) is 22.2. The van der Waals surface area contributed by atoms with Crippen LogP contribution in [0.5, 0.6) is 0 Å². The second kappa shape index (κ2) is 11.7. The summed E-state index contributed by atoms with van der Waals surface area (Å²) in [5.41, 5.74) is 8.69. The first-order valence-corrected chi connectivity index (χ1v) is 10.5. The molecule has 1 aliphatic rings. The van der Waals surface area contributed by atoms with Crippen molar-refractivity contribution in [3.05, 3.63) is 57.8 Å². The summed E-state index contributed by atoms with van der Waals surface area (Å²) in [6.07, 6.45) is 4.96. The third kappa shape index (κ3) is 7.08. The molecule has 1 fully saturated rings. The van der Waals surface area contributed by atoms with Crippen molar-refractivity contribution in [3.8, 4) is 0 Å². The average Bonchev–Trinajstić information content (AvgIpc) is 3.16. The number of piperidine rings is 1. The maximum absolute atomic E-state index is 6.05. The topological polar surface area (TPSA) is 53.6 Å². The molecule has 0 aliphatic carbocycles. The van der Waals surface area contributed by atoms with E-state index in [4.69, 9.17) is 5.73 Å². The molecule has 0 saturated carbocycles. The molecule has 1 unspecified atom stereocenters. The highest BCUT2D eigenvalue weighted by atomic mass is 127. The minimum absolute atomic E-state index is 0. The number of thiophene rings is 1. The Morgan fingerprint density at radius 2 is 2.04 bits per heavy atom. The van der Waals surface area contributed by atoms with Crippen molar-refractivity contribution in [3.63, 3.8) is 0 Å². The van der Waals surface area contributed by atoms with Crippen molar-refractivity contribution < 1.29 is 0 Å². The molecular formula is C21H31IN4S. The van der Waals surface area contributed by atoms with Gasteiger partial charge in [-0.2, -0.15) is 0 Å². The van der Waals surface area contributed by atoms with Crippen LogP contribution in [0, 0.1) is 0 Å². The van der Waals surface area contributed by atoms with Crippen LogP contribution in [-0.2, 0) is 19.5 Å². The summed E-state index contributed by atoms with van der Waals surface area (Å²) in [4.78, 5) is 8.51. The zero-order valence-corrected chi connectivity index (χ0v) is 19.2. The molecule has 3 N–H and O–H groups in total. The van der Waals surface area contributed by atoms with Crippen LogP contribution < -0.4 is 11.1 Å². The van der Waals surface area contributed by atoms with E-state index in [0.717, 1.165) is 19.5 Å². The lowest BCUT2D eigenvalue weighted by molar-refractivity contribution is 0.152. The predicted octanol–water partition coefficient (Wildman–Crippen LogP) is 4.39. The molecule has 4 nitrogen and oxygen atoms in total. The van der Waals surface area contributed by atoms with Gasteiger partial charge >= 0.3 is 0 Å². The van der Waals surface area contributed by atoms with E-state index in [0.29, 0.717) is 18.5 Å². The number of halogens is 1. The fourth-order valence-electron chi connectivity index (χ4n) is 3.47. The molecule has 0 amide bonds. The van der Waals surface area contributed by atoms with Crippen molar-refractivity contribution in [1.29, 1.82) is 0 Å². The van der Waals surface area contributed by atoms with Crippen LogP contribution in [0.3, 0.4) is 0 Å². The maximum Gasteiger partial charge on any atom is 0.188 e. The van der Waals surface area contributed by atoms with E-state index in [-0.39, 0.29) is 24.0 Å². The van der Waals surface area contributed by atoms with E-state index in [9.17, 15) is 0 Å². The molecule has 1 aromatic heterocycles. The van der Waals surface area contributed by atoms with Gasteiger partial charge in [-0.15, -0.1) is 35.3 Å². The number of likely N-dealkylation sites (tertiary alicyclic amines) is 1. The number of rotatable bonds is 7. The number of hydrogen-bond acceptors (Lipinski definition) is 3. The number of nitrogens with zero attached hydrogens (tertiary/aromatic N) is 2. The Hall–Kier alpha value is -1.12. The Kier molecular flexibility index (Phi) is 9.58. The van der Waals surface area contributed by atoms with Crippen LogP contribution in [0.2, 0.25) is 0 Å². The van der Waals surface area contributed by atoms with E-state index in [1.165, 1.54) is 41.8 Å². The third-order valence-corrected chi connectivity index (χ3v) is 6.05. The van der Waals surface area contributed by atoms with Gasteiger partial charge in [0.15, 0.2) is 5.96 Å². The Bertz CT molecular complexity index is 702. The number of guanidine groups is 1. The van der Waals surface area contributed by atoms with Crippen molar-refractivity contribution in [1.82, 2.24) is 10.2 Å². The molecule has 148 valence electrons. The van der Waals surface area contributed by atoms with Gasteiger partial charge in [0.25, 0.3) is 0 Å². The molecule has 0 spiro atoms. The number of nitrogens with one attached hydrogen (secondary N) is 1. The molecule has 2 heterocycles. The quantitative estimate of drug-likeness (QED) is 0.338. The molecule has 0 bridgehead atoms.